The molecule has 4 N–H and O–H groups in total. The number of methoxy groups -OCH3 is 1. The van der Waals surface area contributed by atoms with E-state index in [2.05, 4.69) is 9.72 Å². The second kappa shape index (κ2) is 5.82. The standard InChI is InChI=1S/C14H18N4O3/c1-8-6-9(13(15)20)7-10-12(8)18(14(16)17-10)5-3-4-11(19)21-2/h6-7H,3-5H2,1-2H3,(H2,15,20)(H2,16,17). The number of hydrogen-bond donors (Lipinski definition) is 2. The van der Waals surface area contributed by atoms with Crippen LogP contribution < -0.4 is 11.5 Å². The Morgan fingerprint density at radius 1 is 1.38 bits per heavy atom. The summed E-state index contributed by atoms with van der Waals surface area (Å²) in [6.45, 7) is 2.42. The number of imidazole rings is 1. The molecular formula is C14H18N4O3. The van der Waals surface area contributed by atoms with Gasteiger partial charge in [-0.2, -0.15) is 0 Å². The Hall–Kier alpha value is -2.57. The van der Waals surface area contributed by atoms with E-state index in [4.69, 9.17) is 11.5 Å². The van der Waals surface area contributed by atoms with Crippen molar-refractivity contribution in [1.82, 2.24) is 9.55 Å². The predicted octanol–water partition coefficient (Wildman–Crippen LogP) is 0.979. The molecule has 7 heteroatoms. The van der Waals surface area contributed by atoms with Crippen LogP contribution in [0.25, 0.3) is 11.0 Å². The lowest BCUT2D eigenvalue weighted by Gasteiger charge is -2.08. The number of esters is 1. The van der Waals surface area contributed by atoms with Crippen molar-refractivity contribution in [2.75, 3.05) is 12.8 Å². The lowest BCUT2D eigenvalue weighted by Crippen LogP contribution is -2.11. The van der Waals surface area contributed by atoms with Crippen molar-refractivity contribution in [3.05, 3.63) is 23.3 Å². The fraction of sp³-hybridized carbons (Fsp3) is 0.357. The molecule has 0 aliphatic rings. The van der Waals surface area contributed by atoms with Crippen molar-refractivity contribution >= 4 is 28.9 Å². The van der Waals surface area contributed by atoms with Crippen LogP contribution in [0, 0.1) is 6.92 Å². The summed E-state index contributed by atoms with van der Waals surface area (Å²) >= 11 is 0. The molecule has 2 aromatic rings. The number of carbonyl (C=O) groups excluding carboxylic acids is 2. The molecule has 0 radical (unpaired) electrons. The largest absolute Gasteiger partial charge is 0.469 e. The van der Waals surface area contributed by atoms with Crippen LogP contribution in [0.15, 0.2) is 12.1 Å². The normalized spacial score (nSPS) is 10.8. The molecule has 2 rings (SSSR count). The first-order chi connectivity index (χ1) is 9.93. The molecule has 0 atom stereocenters. The third-order valence-electron chi connectivity index (χ3n) is 3.34. The average molecular weight is 290 g/mol. The Kier molecular flexibility index (Phi) is 4.11. The molecule has 1 heterocycles. The number of nitrogen functional groups attached to an aromatic ring is 1. The number of aryl methyl sites for hydroxylation is 2. The first-order valence-corrected chi connectivity index (χ1v) is 6.57. The molecule has 0 bridgehead atoms. The Labute approximate surface area is 121 Å². The first kappa shape index (κ1) is 14.8. The summed E-state index contributed by atoms with van der Waals surface area (Å²) in [5, 5.41) is 0. The molecular weight excluding hydrogens is 272 g/mol. The van der Waals surface area contributed by atoms with Gasteiger partial charge in [0.15, 0.2) is 0 Å². The third-order valence-corrected chi connectivity index (χ3v) is 3.34. The van der Waals surface area contributed by atoms with Crippen LogP contribution in [0.5, 0.6) is 0 Å². The quantitative estimate of drug-likeness (QED) is 0.797. The molecule has 112 valence electrons. The fourth-order valence-electron chi connectivity index (χ4n) is 2.35. The number of hydrogen-bond acceptors (Lipinski definition) is 5. The number of anilines is 1. The monoisotopic (exact) mass is 290 g/mol. The highest BCUT2D eigenvalue weighted by molar-refractivity contribution is 5.97. The van der Waals surface area contributed by atoms with Crippen molar-refractivity contribution in [2.24, 2.45) is 5.73 Å². The Bertz CT molecular complexity index is 706. The zero-order valence-corrected chi connectivity index (χ0v) is 12.0. The first-order valence-electron chi connectivity index (χ1n) is 6.57. The molecule has 0 aliphatic carbocycles. The number of rotatable bonds is 5. The van der Waals surface area contributed by atoms with Gasteiger partial charge in [-0.3, -0.25) is 9.59 Å². The van der Waals surface area contributed by atoms with Gasteiger partial charge >= 0.3 is 5.97 Å². The molecule has 0 saturated carbocycles. The van der Waals surface area contributed by atoms with Crippen LogP contribution in [0.1, 0.15) is 28.8 Å². The van der Waals surface area contributed by atoms with E-state index < -0.39 is 5.91 Å². The van der Waals surface area contributed by atoms with Crippen LogP contribution in [0.2, 0.25) is 0 Å². The minimum atomic E-state index is -0.501. The third kappa shape index (κ3) is 2.96. The van der Waals surface area contributed by atoms with E-state index in [1.165, 1.54) is 7.11 Å². The second-order valence-electron chi connectivity index (χ2n) is 4.83. The van der Waals surface area contributed by atoms with Crippen LogP contribution in [-0.2, 0) is 16.1 Å². The number of nitrogens with two attached hydrogens (primary N) is 2. The van der Waals surface area contributed by atoms with Gasteiger partial charge in [0.2, 0.25) is 11.9 Å². The van der Waals surface area contributed by atoms with E-state index in [1.54, 1.807) is 12.1 Å². The highest BCUT2D eigenvalue weighted by Crippen LogP contribution is 2.24. The van der Waals surface area contributed by atoms with Gasteiger partial charge in [0.1, 0.15) is 0 Å². The van der Waals surface area contributed by atoms with Crippen molar-refractivity contribution in [3.8, 4) is 0 Å². The van der Waals surface area contributed by atoms with Gasteiger partial charge in [-0.25, -0.2) is 4.98 Å². The number of aromatic nitrogens is 2. The number of fused-ring (bicyclic) bond motifs is 1. The molecule has 21 heavy (non-hydrogen) atoms. The summed E-state index contributed by atoms with van der Waals surface area (Å²) in [4.78, 5) is 26.7. The molecule has 0 unspecified atom stereocenters. The van der Waals surface area contributed by atoms with Crippen LogP contribution >= 0.6 is 0 Å². The minimum Gasteiger partial charge on any atom is -0.469 e. The van der Waals surface area contributed by atoms with Crippen LogP contribution in [0.3, 0.4) is 0 Å². The molecule has 0 spiro atoms. The maximum absolute atomic E-state index is 11.3. The summed E-state index contributed by atoms with van der Waals surface area (Å²) in [7, 11) is 1.36. The van der Waals surface area contributed by atoms with Gasteiger partial charge in [0, 0.05) is 18.5 Å². The number of amides is 1. The van der Waals surface area contributed by atoms with Gasteiger partial charge in [-0.05, 0) is 31.0 Å². The zero-order valence-electron chi connectivity index (χ0n) is 12.0. The number of ether oxygens (including phenoxy) is 1. The van der Waals surface area contributed by atoms with E-state index in [-0.39, 0.29) is 5.97 Å². The minimum absolute atomic E-state index is 0.259. The van der Waals surface area contributed by atoms with Crippen molar-refractivity contribution < 1.29 is 14.3 Å². The molecule has 1 aromatic carbocycles. The van der Waals surface area contributed by atoms with Crippen molar-refractivity contribution in [3.63, 3.8) is 0 Å². The number of benzene rings is 1. The van der Waals surface area contributed by atoms with Gasteiger partial charge in [0.25, 0.3) is 0 Å². The van der Waals surface area contributed by atoms with Crippen molar-refractivity contribution in [2.45, 2.75) is 26.3 Å². The van der Waals surface area contributed by atoms with Gasteiger partial charge in [0.05, 0.1) is 18.1 Å². The van der Waals surface area contributed by atoms with Crippen LogP contribution in [0.4, 0.5) is 5.95 Å². The molecule has 1 amide bonds. The van der Waals surface area contributed by atoms with Gasteiger partial charge in [-0.1, -0.05) is 0 Å². The van der Waals surface area contributed by atoms with E-state index >= 15 is 0 Å². The topological polar surface area (TPSA) is 113 Å². The van der Waals surface area contributed by atoms with E-state index in [0.717, 1.165) is 11.1 Å². The summed E-state index contributed by atoms with van der Waals surface area (Å²) in [5.41, 5.74) is 13.9. The molecule has 0 saturated heterocycles. The average Bonchev–Trinajstić information content (AvgIpc) is 2.75. The smallest absolute Gasteiger partial charge is 0.305 e. The Morgan fingerprint density at radius 2 is 2.10 bits per heavy atom. The van der Waals surface area contributed by atoms with Crippen molar-refractivity contribution in [1.29, 1.82) is 0 Å². The highest BCUT2D eigenvalue weighted by atomic mass is 16.5. The van der Waals surface area contributed by atoms with E-state index in [9.17, 15) is 9.59 Å². The van der Waals surface area contributed by atoms with Gasteiger partial charge in [-0.15, -0.1) is 0 Å². The lowest BCUT2D eigenvalue weighted by molar-refractivity contribution is -0.140. The summed E-state index contributed by atoms with van der Waals surface area (Å²) in [6, 6.07) is 3.33. The highest BCUT2D eigenvalue weighted by Gasteiger charge is 2.14. The number of nitrogens with zero attached hydrogens (tertiary/aromatic N) is 2. The zero-order chi connectivity index (χ0) is 15.6. The summed E-state index contributed by atoms with van der Waals surface area (Å²) in [5.74, 6) is -0.413. The molecule has 0 fully saturated rings. The molecule has 1 aromatic heterocycles. The predicted molar refractivity (Wildman–Crippen MR) is 78.7 cm³/mol. The Balaban J connectivity index is 2.34. The maximum atomic E-state index is 11.3. The number of primary amides is 1. The molecule has 0 aliphatic heterocycles. The molecule has 7 nitrogen and oxygen atoms in total. The maximum Gasteiger partial charge on any atom is 0.305 e. The SMILES string of the molecule is COC(=O)CCCn1c(N)nc2cc(C(N)=O)cc(C)c21. The van der Waals surface area contributed by atoms with Gasteiger partial charge < -0.3 is 20.8 Å². The summed E-state index contributed by atoms with van der Waals surface area (Å²) < 4.78 is 6.44. The summed E-state index contributed by atoms with van der Waals surface area (Å²) in [6.07, 6.45) is 0.910. The fourth-order valence-corrected chi connectivity index (χ4v) is 2.35. The van der Waals surface area contributed by atoms with E-state index in [1.807, 2.05) is 11.5 Å². The van der Waals surface area contributed by atoms with Crippen LogP contribution in [-0.4, -0.2) is 28.5 Å². The lowest BCUT2D eigenvalue weighted by atomic mass is 10.1. The second-order valence-corrected chi connectivity index (χ2v) is 4.83. The van der Waals surface area contributed by atoms with E-state index in [0.29, 0.717) is 36.4 Å². The number of carbonyl (C=O) groups is 2. The Morgan fingerprint density at radius 3 is 2.71 bits per heavy atom.